The normalized spacial score (nSPS) is 18.7. The van der Waals surface area contributed by atoms with Crippen LogP contribution in [-0.2, 0) is 23.9 Å². The second-order valence-corrected chi connectivity index (χ2v) is 6.17. The van der Waals surface area contributed by atoms with Crippen LogP contribution in [0.25, 0.3) is 0 Å². The van der Waals surface area contributed by atoms with Crippen LogP contribution in [-0.4, -0.2) is 40.8 Å². The lowest BCUT2D eigenvalue weighted by Gasteiger charge is -2.24. The molecule has 0 radical (unpaired) electrons. The molecule has 0 bridgehead atoms. The highest BCUT2D eigenvalue weighted by atomic mass is 32.2. The van der Waals surface area contributed by atoms with E-state index in [9.17, 15) is 4.21 Å². The third-order valence-electron chi connectivity index (χ3n) is 3.06. The van der Waals surface area contributed by atoms with Gasteiger partial charge in [-0.3, -0.25) is 9.11 Å². The van der Waals surface area contributed by atoms with Crippen molar-refractivity contribution in [1.29, 1.82) is 0 Å². The minimum absolute atomic E-state index is 0.603. The van der Waals surface area contributed by atoms with Crippen LogP contribution in [0.2, 0.25) is 0 Å². The Morgan fingerprint density at radius 3 is 2.82 bits per heavy atom. The van der Waals surface area contributed by atoms with Crippen molar-refractivity contribution in [3.05, 3.63) is 23.2 Å². The predicted molar refractivity (Wildman–Crippen MR) is 69.4 cm³/mol. The van der Waals surface area contributed by atoms with Crippen LogP contribution >= 0.6 is 0 Å². The molecule has 1 aromatic rings. The van der Waals surface area contributed by atoms with E-state index in [-0.39, 0.29) is 0 Å². The lowest BCUT2D eigenvalue weighted by atomic mass is 10.2. The molecule has 1 aromatic heterocycles. The van der Waals surface area contributed by atoms with Crippen molar-refractivity contribution in [2.24, 2.45) is 0 Å². The lowest BCUT2D eigenvalue weighted by Crippen LogP contribution is -2.37. The molecule has 17 heavy (non-hydrogen) atoms. The van der Waals surface area contributed by atoms with Gasteiger partial charge in [-0.15, -0.1) is 0 Å². The number of nitrogens with zero attached hydrogens (tertiary/aromatic N) is 1. The fraction of sp³-hybridized carbons (Fsp3) is 0.667. The summed E-state index contributed by atoms with van der Waals surface area (Å²) in [6.07, 6.45) is 0. The van der Waals surface area contributed by atoms with Crippen molar-refractivity contribution < 1.29 is 8.63 Å². The number of rotatable bonds is 4. The zero-order valence-electron chi connectivity index (χ0n) is 10.5. The van der Waals surface area contributed by atoms with Crippen LogP contribution in [0.1, 0.15) is 17.1 Å². The number of nitrogens with one attached hydrogen (secondary N) is 1. The Morgan fingerprint density at radius 1 is 1.47 bits per heavy atom. The monoisotopic (exact) mass is 256 g/mol. The van der Waals surface area contributed by atoms with Crippen LogP contribution in [0, 0.1) is 6.92 Å². The van der Waals surface area contributed by atoms with Gasteiger partial charge in [-0.1, -0.05) is 0 Å². The Labute approximate surface area is 105 Å². The molecule has 0 unspecified atom stereocenters. The highest BCUT2D eigenvalue weighted by Crippen LogP contribution is 2.17. The summed E-state index contributed by atoms with van der Waals surface area (Å²) < 4.78 is 17.1. The van der Waals surface area contributed by atoms with Gasteiger partial charge in [0.25, 0.3) is 0 Å². The van der Waals surface area contributed by atoms with Crippen LogP contribution < -0.4 is 5.32 Å². The predicted octanol–water partition coefficient (Wildman–Crippen LogP) is 0.872. The summed E-state index contributed by atoms with van der Waals surface area (Å²) in [7, 11) is 1.31. The molecule has 0 amide bonds. The molecule has 0 spiro atoms. The fourth-order valence-electron chi connectivity index (χ4n) is 2.06. The third kappa shape index (κ3) is 3.40. The van der Waals surface area contributed by atoms with E-state index < -0.39 is 10.8 Å². The molecule has 5 heteroatoms. The molecule has 4 nitrogen and oxygen atoms in total. The van der Waals surface area contributed by atoms with Crippen molar-refractivity contribution in [3.63, 3.8) is 0 Å². The minimum Gasteiger partial charge on any atom is -0.463 e. The van der Waals surface area contributed by atoms with E-state index in [2.05, 4.69) is 23.2 Å². The maximum atomic E-state index is 11.3. The zero-order chi connectivity index (χ0) is 12.3. The molecule has 0 saturated carbocycles. The highest BCUT2D eigenvalue weighted by molar-refractivity contribution is 7.85. The first-order valence-electron chi connectivity index (χ1n) is 5.99. The number of furan rings is 1. The largest absolute Gasteiger partial charge is 0.463 e. The summed E-state index contributed by atoms with van der Waals surface area (Å²) >= 11 is 0. The topological polar surface area (TPSA) is 45.5 Å². The molecule has 1 N–H and O–H groups in total. The van der Waals surface area contributed by atoms with E-state index in [1.807, 2.05) is 7.05 Å². The van der Waals surface area contributed by atoms with Gasteiger partial charge in [0.2, 0.25) is 0 Å². The molecule has 1 fully saturated rings. The van der Waals surface area contributed by atoms with Gasteiger partial charge in [0.1, 0.15) is 11.5 Å². The van der Waals surface area contributed by atoms with E-state index >= 15 is 0 Å². The third-order valence-corrected chi connectivity index (χ3v) is 4.33. The summed E-state index contributed by atoms with van der Waals surface area (Å²) in [5, 5.41) is 3.10. The SMILES string of the molecule is CNCc1oc(CN2CCS(=O)CC2)cc1C. The van der Waals surface area contributed by atoms with Gasteiger partial charge in [-0.25, -0.2) is 0 Å². The Hall–Kier alpha value is -0.650. The Morgan fingerprint density at radius 2 is 2.18 bits per heavy atom. The van der Waals surface area contributed by atoms with Crippen molar-refractivity contribution in [2.75, 3.05) is 31.6 Å². The molecule has 0 atom stereocenters. The molecule has 1 aliphatic rings. The van der Waals surface area contributed by atoms with Crippen molar-refractivity contribution in [3.8, 4) is 0 Å². The first-order chi connectivity index (χ1) is 8.19. The summed E-state index contributed by atoms with van der Waals surface area (Å²) in [6, 6.07) is 2.11. The summed E-state index contributed by atoms with van der Waals surface area (Å²) in [6.45, 7) is 5.50. The van der Waals surface area contributed by atoms with Gasteiger partial charge < -0.3 is 9.73 Å². The van der Waals surface area contributed by atoms with Gasteiger partial charge in [-0.05, 0) is 25.6 Å². The van der Waals surface area contributed by atoms with Crippen molar-refractivity contribution in [2.45, 2.75) is 20.0 Å². The molecule has 1 aliphatic heterocycles. The quantitative estimate of drug-likeness (QED) is 0.868. The summed E-state index contributed by atoms with van der Waals surface area (Å²) in [5.41, 5.74) is 1.20. The molecule has 96 valence electrons. The molecular formula is C12H20N2O2S. The molecule has 1 saturated heterocycles. The number of aryl methyl sites for hydroxylation is 1. The molecule has 2 rings (SSSR count). The zero-order valence-corrected chi connectivity index (χ0v) is 11.3. The van der Waals surface area contributed by atoms with Gasteiger partial charge in [0.15, 0.2) is 0 Å². The number of hydrogen-bond donors (Lipinski definition) is 1. The average Bonchev–Trinajstić information content (AvgIpc) is 2.63. The maximum Gasteiger partial charge on any atom is 0.120 e. The Bertz CT molecular complexity index is 393. The summed E-state index contributed by atoms with van der Waals surface area (Å²) in [4.78, 5) is 2.31. The van der Waals surface area contributed by atoms with E-state index in [1.54, 1.807) is 0 Å². The molecule has 2 heterocycles. The van der Waals surface area contributed by atoms with Crippen LogP contribution in [0.4, 0.5) is 0 Å². The minimum atomic E-state index is -0.603. The average molecular weight is 256 g/mol. The van der Waals surface area contributed by atoms with Gasteiger partial charge in [0, 0.05) is 35.4 Å². The Balaban J connectivity index is 1.94. The van der Waals surface area contributed by atoms with Gasteiger partial charge in [-0.2, -0.15) is 0 Å². The molecular weight excluding hydrogens is 236 g/mol. The standard InChI is InChI=1S/C12H20N2O2S/c1-10-7-11(16-12(10)8-13-2)9-14-3-5-17(15)6-4-14/h7,13H,3-6,8-9H2,1-2H3. The van der Waals surface area contributed by atoms with E-state index in [1.165, 1.54) is 5.56 Å². The second-order valence-electron chi connectivity index (χ2n) is 4.47. The van der Waals surface area contributed by atoms with E-state index in [0.29, 0.717) is 0 Å². The molecule has 0 aliphatic carbocycles. The Kier molecular flexibility index (Phi) is 4.36. The van der Waals surface area contributed by atoms with E-state index in [4.69, 9.17) is 4.42 Å². The van der Waals surface area contributed by atoms with Crippen LogP contribution in [0.5, 0.6) is 0 Å². The van der Waals surface area contributed by atoms with Crippen LogP contribution in [0.15, 0.2) is 10.5 Å². The summed E-state index contributed by atoms with van der Waals surface area (Å²) in [5.74, 6) is 3.62. The lowest BCUT2D eigenvalue weighted by molar-refractivity contribution is 0.261. The van der Waals surface area contributed by atoms with Crippen molar-refractivity contribution >= 4 is 10.8 Å². The first kappa shape index (κ1) is 12.8. The first-order valence-corrected chi connectivity index (χ1v) is 7.48. The number of hydrogen-bond acceptors (Lipinski definition) is 4. The smallest absolute Gasteiger partial charge is 0.120 e. The van der Waals surface area contributed by atoms with Crippen LogP contribution in [0.3, 0.4) is 0 Å². The van der Waals surface area contributed by atoms with Crippen molar-refractivity contribution in [1.82, 2.24) is 10.2 Å². The van der Waals surface area contributed by atoms with E-state index in [0.717, 1.165) is 49.2 Å². The second kappa shape index (κ2) is 5.80. The highest BCUT2D eigenvalue weighted by Gasteiger charge is 2.17. The van der Waals surface area contributed by atoms with Gasteiger partial charge >= 0.3 is 0 Å². The fourth-order valence-corrected chi connectivity index (χ4v) is 3.19. The maximum absolute atomic E-state index is 11.3. The molecule has 0 aromatic carbocycles. The van der Waals surface area contributed by atoms with Gasteiger partial charge in [0.05, 0.1) is 13.1 Å².